The molecule has 1 aromatic heterocycles. The molecule has 2 N–H and O–H groups in total. The minimum absolute atomic E-state index is 0.134. The van der Waals surface area contributed by atoms with Crippen molar-refractivity contribution in [3.05, 3.63) is 82.1 Å². The van der Waals surface area contributed by atoms with Crippen molar-refractivity contribution in [2.45, 2.75) is 38.6 Å². The van der Waals surface area contributed by atoms with Crippen molar-refractivity contribution in [1.82, 2.24) is 10.3 Å². The lowest BCUT2D eigenvalue weighted by atomic mass is 9.78. The minimum Gasteiger partial charge on any atom is -0.353 e. The lowest BCUT2D eigenvalue weighted by Crippen LogP contribution is -2.27. The third-order valence-electron chi connectivity index (χ3n) is 5.79. The van der Waals surface area contributed by atoms with Crippen LogP contribution in [0.2, 0.25) is 0 Å². The fourth-order valence-corrected chi connectivity index (χ4v) is 4.18. The SMILES string of the molecule is Cc1ccc(C2CC(=O)C3=C(C2)Nc2nonc2NC3c2ccc(C)cc2)cc1. The Balaban J connectivity index is 1.58. The highest BCUT2D eigenvalue weighted by Crippen LogP contribution is 2.43. The molecule has 3 aromatic rings. The Labute approximate surface area is 169 Å². The number of anilines is 2. The standard InChI is InChI=1S/C23H22N4O2/c1-13-3-7-15(8-4-13)17-11-18-20(19(28)12-17)21(16-9-5-14(2)6-10-16)25-23-22(24-18)26-29-27-23/h3-10,17,21H,11-12H2,1-2H3,(H,24,26)(H,25,27). The van der Waals surface area contributed by atoms with E-state index in [4.69, 9.17) is 4.63 Å². The number of nitrogens with one attached hydrogen (secondary N) is 2. The van der Waals surface area contributed by atoms with Gasteiger partial charge in [0, 0.05) is 17.7 Å². The van der Waals surface area contributed by atoms with Crippen LogP contribution < -0.4 is 10.6 Å². The summed E-state index contributed by atoms with van der Waals surface area (Å²) in [6.45, 7) is 4.12. The van der Waals surface area contributed by atoms with Crippen molar-refractivity contribution >= 4 is 17.4 Å². The smallest absolute Gasteiger partial charge is 0.219 e. The highest BCUT2D eigenvalue weighted by molar-refractivity contribution is 6.00. The maximum Gasteiger partial charge on any atom is 0.219 e. The molecule has 5 rings (SSSR count). The van der Waals surface area contributed by atoms with Gasteiger partial charge in [-0.2, -0.15) is 0 Å². The Morgan fingerprint density at radius 3 is 2.17 bits per heavy atom. The maximum atomic E-state index is 13.4. The highest BCUT2D eigenvalue weighted by atomic mass is 16.6. The van der Waals surface area contributed by atoms with E-state index < -0.39 is 0 Å². The Morgan fingerprint density at radius 2 is 1.48 bits per heavy atom. The van der Waals surface area contributed by atoms with Crippen molar-refractivity contribution < 1.29 is 9.42 Å². The van der Waals surface area contributed by atoms with Crippen LogP contribution in [-0.2, 0) is 4.79 Å². The van der Waals surface area contributed by atoms with E-state index >= 15 is 0 Å². The summed E-state index contributed by atoms with van der Waals surface area (Å²) in [5, 5.41) is 14.6. The van der Waals surface area contributed by atoms with E-state index in [1.54, 1.807) is 0 Å². The summed E-state index contributed by atoms with van der Waals surface area (Å²) in [7, 11) is 0. The number of hydrogen-bond donors (Lipinski definition) is 2. The largest absolute Gasteiger partial charge is 0.353 e. The van der Waals surface area contributed by atoms with E-state index in [0.717, 1.165) is 23.3 Å². The Bertz CT molecular complexity index is 1100. The first-order valence-electron chi connectivity index (χ1n) is 9.84. The van der Waals surface area contributed by atoms with E-state index in [9.17, 15) is 4.79 Å². The Morgan fingerprint density at radius 1 is 0.862 bits per heavy atom. The van der Waals surface area contributed by atoms with E-state index in [1.165, 1.54) is 16.7 Å². The van der Waals surface area contributed by atoms with Gasteiger partial charge in [-0.05, 0) is 47.6 Å². The molecule has 6 heteroatoms. The molecular formula is C23H22N4O2. The molecule has 0 saturated heterocycles. The normalized spacial score (nSPS) is 21.0. The van der Waals surface area contributed by atoms with Crippen molar-refractivity contribution in [3.8, 4) is 0 Å². The van der Waals surface area contributed by atoms with Crippen LogP contribution in [0.1, 0.15) is 47.1 Å². The minimum atomic E-state index is -0.294. The van der Waals surface area contributed by atoms with Crippen LogP contribution in [0.3, 0.4) is 0 Å². The molecule has 6 nitrogen and oxygen atoms in total. The van der Waals surface area contributed by atoms with Gasteiger partial charge in [-0.3, -0.25) is 4.79 Å². The lowest BCUT2D eigenvalue weighted by molar-refractivity contribution is -0.116. The van der Waals surface area contributed by atoms with Gasteiger partial charge in [0.05, 0.1) is 6.04 Å². The Kier molecular flexibility index (Phi) is 4.19. The molecule has 146 valence electrons. The van der Waals surface area contributed by atoms with Gasteiger partial charge >= 0.3 is 0 Å². The maximum absolute atomic E-state index is 13.4. The number of aromatic nitrogens is 2. The molecular weight excluding hydrogens is 364 g/mol. The van der Waals surface area contributed by atoms with Gasteiger partial charge in [0.25, 0.3) is 0 Å². The summed E-state index contributed by atoms with van der Waals surface area (Å²) >= 11 is 0. The third kappa shape index (κ3) is 3.20. The second kappa shape index (κ2) is 6.88. The van der Waals surface area contributed by atoms with E-state index in [-0.39, 0.29) is 17.7 Å². The molecule has 0 radical (unpaired) electrons. The molecule has 0 fully saturated rings. The topological polar surface area (TPSA) is 80.1 Å². The van der Waals surface area contributed by atoms with E-state index in [1.807, 2.05) is 6.92 Å². The second-order valence-corrected chi connectivity index (χ2v) is 7.91. The first-order valence-corrected chi connectivity index (χ1v) is 9.84. The van der Waals surface area contributed by atoms with Crippen LogP contribution in [0, 0.1) is 13.8 Å². The first-order chi connectivity index (χ1) is 14.1. The number of hydrogen-bond acceptors (Lipinski definition) is 6. The van der Waals surface area contributed by atoms with Gasteiger partial charge in [0.2, 0.25) is 11.6 Å². The van der Waals surface area contributed by atoms with Crippen molar-refractivity contribution in [2.75, 3.05) is 10.6 Å². The molecule has 0 bridgehead atoms. The molecule has 0 saturated carbocycles. The fraction of sp³-hybridized carbons (Fsp3) is 0.261. The predicted octanol–water partition coefficient (Wildman–Crippen LogP) is 4.67. The number of carbonyl (C=O) groups excluding carboxylic acids is 1. The number of Topliss-reactive ketones (excluding diaryl/α,β-unsaturated/α-hetero) is 1. The third-order valence-corrected chi connectivity index (χ3v) is 5.79. The van der Waals surface area contributed by atoms with Gasteiger partial charge < -0.3 is 10.6 Å². The predicted molar refractivity (Wildman–Crippen MR) is 111 cm³/mol. The first kappa shape index (κ1) is 17.7. The Hall–Kier alpha value is -3.41. The number of benzene rings is 2. The van der Waals surface area contributed by atoms with Crippen LogP contribution in [0.4, 0.5) is 11.6 Å². The van der Waals surface area contributed by atoms with Crippen LogP contribution in [-0.4, -0.2) is 16.1 Å². The van der Waals surface area contributed by atoms with Crippen molar-refractivity contribution in [2.24, 2.45) is 0 Å². The summed E-state index contributed by atoms with van der Waals surface area (Å²) in [5.74, 6) is 1.31. The zero-order valence-corrected chi connectivity index (χ0v) is 16.4. The van der Waals surface area contributed by atoms with Gasteiger partial charge in [0.1, 0.15) is 0 Å². The lowest BCUT2D eigenvalue weighted by Gasteiger charge is -2.29. The average molecular weight is 386 g/mol. The van der Waals surface area contributed by atoms with Crippen molar-refractivity contribution in [1.29, 1.82) is 0 Å². The summed E-state index contributed by atoms with van der Waals surface area (Å²) in [6, 6.07) is 16.4. The number of nitrogens with zero attached hydrogens (tertiary/aromatic N) is 2. The molecule has 0 amide bonds. The number of carbonyl (C=O) groups is 1. The van der Waals surface area contributed by atoms with E-state index in [2.05, 4.69) is 76.4 Å². The summed E-state index contributed by atoms with van der Waals surface area (Å²) in [5.41, 5.74) is 6.23. The number of fused-ring (bicyclic) bond motifs is 1. The van der Waals surface area contributed by atoms with Crippen LogP contribution in [0.15, 0.2) is 64.4 Å². The van der Waals surface area contributed by atoms with Gasteiger partial charge in [-0.15, -0.1) is 0 Å². The average Bonchev–Trinajstić information content (AvgIpc) is 3.08. The number of allylic oxidation sites excluding steroid dienone is 1. The van der Waals surface area contributed by atoms with Crippen LogP contribution >= 0.6 is 0 Å². The highest BCUT2D eigenvalue weighted by Gasteiger charge is 2.37. The zero-order valence-electron chi connectivity index (χ0n) is 16.4. The fourth-order valence-electron chi connectivity index (χ4n) is 4.18. The molecule has 1 aliphatic carbocycles. The van der Waals surface area contributed by atoms with Gasteiger partial charge in [-0.25, -0.2) is 4.63 Å². The molecule has 2 aromatic carbocycles. The summed E-state index contributed by atoms with van der Waals surface area (Å²) < 4.78 is 4.92. The van der Waals surface area contributed by atoms with E-state index in [0.29, 0.717) is 18.1 Å². The molecule has 2 unspecified atom stereocenters. The summed E-state index contributed by atoms with van der Waals surface area (Å²) in [6.07, 6.45) is 1.23. The van der Waals surface area contributed by atoms with Crippen LogP contribution in [0.5, 0.6) is 0 Å². The van der Waals surface area contributed by atoms with Gasteiger partial charge in [0.15, 0.2) is 5.78 Å². The quantitative estimate of drug-likeness (QED) is 0.666. The second-order valence-electron chi connectivity index (χ2n) is 7.91. The number of aryl methyl sites for hydroxylation is 2. The van der Waals surface area contributed by atoms with Crippen LogP contribution in [0.25, 0.3) is 0 Å². The molecule has 2 heterocycles. The van der Waals surface area contributed by atoms with Crippen molar-refractivity contribution in [3.63, 3.8) is 0 Å². The molecule has 1 aliphatic heterocycles. The number of rotatable bonds is 2. The molecule has 2 atom stereocenters. The number of ketones is 1. The van der Waals surface area contributed by atoms with Gasteiger partial charge in [-0.1, -0.05) is 59.7 Å². The molecule has 29 heavy (non-hydrogen) atoms. The summed E-state index contributed by atoms with van der Waals surface area (Å²) in [4.78, 5) is 13.4. The zero-order chi connectivity index (χ0) is 20.0. The molecule has 0 spiro atoms. The monoisotopic (exact) mass is 386 g/mol. The molecule has 2 aliphatic rings.